The average molecular weight is 425 g/mol. The standard InChI is InChI=1S/C25H32N2O4/c1-17-14-21(24(29)27(18(17)2)16-20-12-8-5-9-13-20)23(28)26-22(25(30)31-3)15-19-10-6-4-7-11-19/h4,6-7,10-11,14,20,22H,5,8-9,12-13,15-16H2,1-3H3,(H,26,28)/t22-/m1/s1. The van der Waals surface area contributed by atoms with Crippen LogP contribution in [0.4, 0.5) is 0 Å². The fourth-order valence-electron chi connectivity index (χ4n) is 4.33. The van der Waals surface area contributed by atoms with Crippen molar-refractivity contribution in [3.8, 4) is 0 Å². The fourth-order valence-corrected chi connectivity index (χ4v) is 4.33. The summed E-state index contributed by atoms with van der Waals surface area (Å²) in [4.78, 5) is 38.6. The van der Waals surface area contributed by atoms with Crippen LogP contribution in [0.25, 0.3) is 0 Å². The molecule has 0 spiro atoms. The van der Waals surface area contributed by atoms with Gasteiger partial charge in [-0.3, -0.25) is 9.59 Å². The molecule has 0 bridgehead atoms. The summed E-state index contributed by atoms with van der Waals surface area (Å²) in [6, 6.07) is 10.2. The highest BCUT2D eigenvalue weighted by atomic mass is 16.5. The van der Waals surface area contributed by atoms with Gasteiger partial charge in [-0.2, -0.15) is 0 Å². The number of rotatable bonds is 7. The summed E-state index contributed by atoms with van der Waals surface area (Å²) >= 11 is 0. The van der Waals surface area contributed by atoms with E-state index in [1.165, 1.54) is 26.4 Å². The summed E-state index contributed by atoms with van der Waals surface area (Å²) in [5.74, 6) is -0.621. The molecule has 6 nitrogen and oxygen atoms in total. The van der Waals surface area contributed by atoms with Crippen LogP contribution in [0.3, 0.4) is 0 Å². The van der Waals surface area contributed by atoms with Gasteiger partial charge in [-0.05, 0) is 49.8 Å². The number of hydrogen-bond acceptors (Lipinski definition) is 4. The Morgan fingerprint density at radius 2 is 1.81 bits per heavy atom. The van der Waals surface area contributed by atoms with Gasteiger partial charge in [-0.1, -0.05) is 49.6 Å². The van der Waals surface area contributed by atoms with Gasteiger partial charge in [-0.25, -0.2) is 4.79 Å². The van der Waals surface area contributed by atoms with Crippen LogP contribution in [0, 0.1) is 19.8 Å². The number of ether oxygens (including phenoxy) is 1. The number of hydrogen-bond donors (Lipinski definition) is 1. The lowest BCUT2D eigenvalue weighted by Crippen LogP contribution is -2.45. The molecular weight excluding hydrogens is 392 g/mol. The molecule has 0 unspecified atom stereocenters. The number of aryl methyl sites for hydroxylation is 1. The Bertz CT molecular complexity index is 975. The monoisotopic (exact) mass is 424 g/mol. The highest BCUT2D eigenvalue weighted by Crippen LogP contribution is 2.25. The highest BCUT2D eigenvalue weighted by molar-refractivity contribution is 5.96. The van der Waals surface area contributed by atoms with E-state index in [4.69, 9.17) is 4.74 Å². The van der Waals surface area contributed by atoms with Crippen LogP contribution in [0.2, 0.25) is 0 Å². The molecule has 1 aromatic carbocycles. The summed E-state index contributed by atoms with van der Waals surface area (Å²) in [7, 11) is 1.29. The summed E-state index contributed by atoms with van der Waals surface area (Å²) in [6.45, 7) is 4.47. The molecule has 6 heteroatoms. The largest absolute Gasteiger partial charge is 0.467 e. The molecule has 1 saturated carbocycles. The topological polar surface area (TPSA) is 77.4 Å². The second-order valence-electron chi connectivity index (χ2n) is 8.49. The summed E-state index contributed by atoms with van der Waals surface area (Å²) in [6.07, 6.45) is 6.16. The number of esters is 1. The van der Waals surface area contributed by atoms with Gasteiger partial charge in [0.15, 0.2) is 0 Å². The van der Waals surface area contributed by atoms with Crippen molar-refractivity contribution in [1.82, 2.24) is 9.88 Å². The van der Waals surface area contributed by atoms with Crippen molar-refractivity contribution < 1.29 is 14.3 Å². The predicted octanol–water partition coefficient (Wildman–Crippen LogP) is 3.56. The molecule has 1 fully saturated rings. The maximum atomic E-state index is 13.2. The van der Waals surface area contributed by atoms with Gasteiger partial charge < -0.3 is 14.6 Å². The highest BCUT2D eigenvalue weighted by Gasteiger charge is 2.25. The molecule has 0 saturated heterocycles. The molecule has 0 radical (unpaired) electrons. The van der Waals surface area contributed by atoms with Crippen LogP contribution in [-0.4, -0.2) is 29.6 Å². The minimum Gasteiger partial charge on any atom is -0.467 e. The van der Waals surface area contributed by atoms with Crippen LogP contribution in [0.15, 0.2) is 41.2 Å². The molecule has 1 amide bonds. The number of amides is 1. The molecule has 1 aromatic heterocycles. The van der Waals surface area contributed by atoms with Gasteiger partial charge in [-0.15, -0.1) is 0 Å². The van der Waals surface area contributed by atoms with Gasteiger partial charge in [0.05, 0.1) is 7.11 Å². The Hall–Kier alpha value is -2.89. The lowest BCUT2D eigenvalue weighted by atomic mass is 9.89. The number of methoxy groups -OCH3 is 1. The summed E-state index contributed by atoms with van der Waals surface area (Å²) in [5, 5.41) is 2.72. The first-order chi connectivity index (χ1) is 14.9. The van der Waals surface area contributed by atoms with Crippen molar-refractivity contribution in [2.75, 3.05) is 7.11 Å². The van der Waals surface area contributed by atoms with Gasteiger partial charge in [0.25, 0.3) is 11.5 Å². The van der Waals surface area contributed by atoms with E-state index in [0.29, 0.717) is 18.9 Å². The van der Waals surface area contributed by atoms with E-state index >= 15 is 0 Å². The Kier molecular flexibility index (Phi) is 7.66. The van der Waals surface area contributed by atoms with Gasteiger partial charge >= 0.3 is 5.97 Å². The van der Waals surface area contributed by atoms with Crippen molar-refractivity contribution in [2.45, 2.75) is 65.0 Å². The van der Waals surface area contributed by atoms with E-state index < -0.39 is 17.9 Å². The van der Waals surface area contributed by atoms with E-state index in [1.807, 2.05) is 44.2 Å². The van der Waals surface area contributed by atoms with E-state index in [9.17, 15) is 14.4 Å². The third-order valence-electron chi connectivity index (χ3n) is 6.30. The Morgan fingerprint density at radius 3 is 2.45 bits per heavy atom. The Morgan fingerprint density at radius 1 is 1.13 bits per heavy atom. The van der Waals surface area contributed by atoms with E-state index in [0.717, 1.165) is 29.7 Å². The van der Waals surface area contributed by atoms with E-state index in [-0.39, 0.29) is 11.1 Å². The molecule has 31 heavy (non-hydrogen) atoms. The van der Waals surface area contributed by atoms with Crippen molar-refractivity contribution in [3.05, 3.63) is 69.1 Å². The third-order valence-corrected chi connectivity index (χ3v) is 6.30. The smallest absolute Gasteiger partial charge is 0.328 e. The number of nitrogens with zero attached hydrogens (tertiary/aromatic N) is 1. The molecule has 2 aromatic rings. The second-order valence-corrected chi connectivity index (χ2v) is 8.49. The number of pyridine rings is 1. The molecule has 1 N–H and O–H groups in total. The van der Waals surface area contributed by atoms with Crippen molar-refractivity contribution >= 4 is 11.9 Å². The molecule has 1 atom stereocenters. The maximum Gasteiger partial charge on any atom is 0.328 e. The van der Waals surface area contributed by atoms with Crippen LogP contribution < -0.4 is 10.9 Å². The number of carbonyl (C=O) groups excluding carboxylic acids is 2. The van der Waals surface area contributed by atoms with Crippen LogP contribution in [-0.2, 0) is 22.5 Å². The summed E-state index contributed by atoms with van der Waals surface area (Å²) < 4.78 is 6.62. The van der Waals surface area contributed by atoms with Gasteiger partial charge in [0.1, 0.15) is 11.6 Å². The van der Waals surface area contributed by atoms with E-state index in [1.54, 1.807) is 10.6 Å². The first-order valence-corrected chi connectivity index (χ1v) is 11.0. The predicted molar refractivity (Wildman–Crippen MR) is 120 cm³/mol. The second kappa shape index (κ2) is 10.4. The first-order valence-electron chi connectivity index (χ1n) is 11.0. The molecule has 1 aliphatic rings. The number of nitrogens with one attached hydrogen (secondary N) is 1. The molecule has 1 aliphatic carbocycles. The van der Waals surface area contributed by atoms with Crippen LogP contribution in [0.1, 0.15) is 59.3 Å². The summed E-state index contributed by atoms with van der Waals surface area (Å²) in [5.41, 5.74) is 2.45. The minimum atomic E-state index is -0.868. The van der Waals surface area contributed by atoms with Gasteiger partial charge in [0, 0.05) is 18.7 Å². The number of aromatic nitrogens is 1. The zero-order valence-corrected chi connectivity index (χ0v) is 18.6. The zero-order valence-electron chi connectivity index (χ0n) is 18.6. The molecule has 0 aliphatic heterocycles. The molecular formula is C25H32N2O4. The Balaban J connectivity index is 1.85. The fraction of sp³-hybridized carbons (Fsp3) is 0.480. The van der Waals surface area contributed by atoms with Crippen molar-refractivity contribution in [3.63, 3.8) is 0 Å². The third kappa shape index (κ3) is 5.63. The van der Waals surface area contributed by atoms with Gasteiger partial charge in [0.2, 0.25) is 0 Å². The Labute approximate surface area is 183 Å². The van der Waals surface area contributed by atoms with Crippen molar-refractivity contribution in [2.24, 2.45) is 5.92 Å². The number of benzene rings is 1. The van der Waals surface area contributed by atoms with Crippen LogP contribution in [0.5, 0.6) is 0 Å². The first kappa shape index (κ1) is 22.8. The van der Waals surface area contributed by atoms with Crippen LogP contribution >= 0.6 is 0 Å². The SMILES string of the molecule is COC(=O)[C@@H](Cc1ccccc1)NC(=O)c1cc(C)c(C)n(CC2CCCCC2)c1=O. The molecule has 3 rings (SSSR count). The lowest BCUT2D eigenvalue weighted by Gasteiger charge is -2.24. The molecule has 1 heterocycles. The maximum absolute atomic E-state index is 13.2. The normalized spacial score (nSPS) is 15.3. The minimum absolute atomic E-state index is 0.0703. The quantitative estimate of drug-likeness (QED) is 0.690. The zero-order chi connectivity index (χ0) is 22.4. The number of carbonyl (C=O) groups is 2. The average Bonchev–Trinajstić information content (AvgIpc) is 2.79. The van der Waals surface area contributed by atoms with Crippen molar-refractivity contribution in [1.29, 1.82) is 0 Å². The molecule has 166 valence electrons. The van der Waals surface area contributed by atoms with E-state index in [2.05, 4.69) is 5.32 Å². The lowest BCUT2D eigenvalue weighted by molar-refractivity contribution is -0.142.